The first-order valence-corrected chi connectivity index (χ1v) is 7.47. The summed E-state index contributed by atoms with van der Waals surface area (Å²) in [7, 11) is -1.33. The maximum absolute atomic E-state index is 13.9. The molecule has 0 aliphatic rings. The van der Waals surface area contributed by atoms with Gasteiger partial charge < -0.3 is 0 Å². The van der Waals surface area contributed by atoms with Gasteiger partial charge in [0.25, 0.3) is 0 Å². The summed E-state index contributed by atoms with van der Waals surface area (Å²) >= 11 is 0. The molecule has 0 heterocycles. The van der Waals surface area contributed by atoms with Crippen LogP contribution in [-0.4, -0.2) is 8.96 Å². The first-order chi connectivity index (χ1) is 8.66. The zero-order chi connectivity index (χ0) is 14.8. The fraction of sp³-hybridized carbons (Fsp3) is 0.571. The highest BCUT2D eigenvalue weighted by atomic mass is 32.2. The third kappa shape index (κ3) is 4.08. The van der Waals surface area contributed by atoms with Crippen LogP contribution in [0.2, 0.25) is 0 Å². The van der Waals surface area contributed by atoms with E-state index in [9.17, 15) is 13.0 Å². The van der Waals surface area contributed by atoms with E-state index < -0.39 is 33.4 Å². The molecule has 0 aliphatic heterocycles. The Labute approximate surface area is 116 Å². The first-order valence-electron chi connectivity index (χ1n) is 6.32. The summed E-state index contributed by atoms with van der Waals surface area (Å²) in [4.78, 5) is 0. The lowest BCUT2D eigenvalue weighted by molar-refractivity contribution is 0.549. The minimum atomic E-state index is -1.33. The van der Waals surface area contributed by atoms with Crippen molar-refractivity contribution in [3.8, 4) is 0 Å². The molecular formula is C14H21F2NOS. The number of hydrogen-bond acceptors (Lipinski definition) is 1. The van der Waals surface area contributed by atoms with Crippen LogP contribution in [0.5, 0.6) is 0 Å². The van der Waals surface area contributed by atoms with Gasteiger partial charge in [0.2, 0.25) is 0 Å². The van der Waals surface area contributed by atoms with E-state index in [0.29, 0.717) is 12.0 Å². The van der Waals surface area contributed by atoms with Crippen LogP contribution in [-0.2, 0) is 17.4 Å². The largest absolute Gasteiger partial charge is 0.242 e. The second-order valence-electron chi connectivity index (χ2n) is 5.54. The van der Waals surface area contributed by atoms with Crippen molar-refractivity contribution in [1.29, 1.82) is 0 Å². The highest BCUT2D eigenvalue weighted by Gasteiger charge is 2.23. The number of aryl methyl sites for hydroxylation is 1. The van der Waals surface area contributed by atoms with Crippen molar-refractivity contribution < 1.29 is 13.0 Å². The molecule has 2 atom stereocenters. The Kier molecular flexibility index (Phi) is 5.21. The quantitative estimate of drug-likeness (QED) is 0.901. The van der Waals surface area contributed by atoms with Crippen LogP contribution in [0, 0.1) is 11.6 Å². The van der Waals surface area contributed by atoms with E-state index in [1.165, 1.54) is 12.1 Å². The zero-order valence-electron chi connectivity index (χ0n) is 12.0. The van der Waals surface area contributed by atoms with Gasteiger partial charge in [-0.1, -0.05) is 6.92 Å². The van der Waals surface area contributed by atoms with Crippen molar-refractivity contribution in [1.82, 2.24) is 4.72 Å². The van der Waals surface area contributed by atoms with Crippen LogP contribution in [0.3, 0.4) is 0 Å². The lowest BCUT2D eigenvalue weighted by atomic mass is 10.0. The SMILES string of the molecule is CCc1cc(F)c(C(C)NS(=O)C(C)(C)C)cc1F. The first kappa shape index (κ1) is 16.2. The molecule has 1 rings (SSSR count). The molecule has 1 aromatic rings. The lowest BCUT2D eigenvalue weighted by Gasteiger charge is -2.22. The molecule has 2 nitrogen and oxygen atoms in total. The molecule has 19 heavy (non-hydrogen) atoms. The number of halogens is 2. The number of hydrogen-bond donors (Lipinski definition) is 1. The molecule has 0 bridgehead atoms. The van der Waals surface area contributed by atoms with E-state index in [1.54, 1.807) is 13.8 Å². The highest BCUT2D eigenvalue weighted by Crippen LogP contribution is 2.23. The molecule has 0 amide bonds. The van der Waals surface area contributed by atoms with E-state index in [-0.39, 0.29) is 5.56 Å². The average molecular weight is 289 g/mol. The molecule has 0 aromatic heterocycles. The highest BCUT2D eigenvalue weighted by molar-refractivity contribution is 7.84. The molecule has 0 aliphatic carbocycles. The van der Waals surface area contributed by atoms with Crippen LogP contribution in [0.1, 0.15) is 51.8 Å². The van der Waals surface area contributed by atoms with E-state index >= 15 is 0 Å². The summed E-state index contributed by atoms with van der Waals surface area (Å²) in [6, 6.07) is 1.88. The van der Waals surface area contributed by atoms with Crippen molar-refractivity contribution >= 4 is 11.0 Å². The molecule has 0 saturated heterocycles. The second-order valence-corrected chi connectivity index (χ2v) is 7.54. The van der Waals surface area contributed by atoms with Gasteiger partial charge in [-0.15, -0.1) is 0 Å². The minimum absolute atomic E-state index is 0.201. The molecule has 1 aromatic carbocycles. The van der Waals surface area contributed by atoms with E-state index in [1.807, 2.05) is 20.8 Å². The summed E-state index contributed by atoms with van der Waals surface area (Å²) in [6.07, 6.45) is 0.443. The molecular weight excluding hydrogens is 268 g/mol. The van der Waals surface area contributed by atoms with Crippen molar-refractivity contribution in [2.24, 2.45) is 0 Å². The molecule has 2 unspecified atom stereocenters. The van der Waals surface area contributed by atoms with Crippen LogP contribution < -0.4 is 4.72 Å². The Bertz CT molecular complexity index is 483. The predicted molar refractivity (Wildman–Crippen MR) is 75.2 cm³/mol. The number of nitrogens with one attached hydrogen (secondary N) is 1. The minimum Gasteiger partial charge on any atom is -0.242 e. The van der Waals surface area contributed by atoms with E-state index in [2.05, 4.69) is 4.72 Å². The van der Waals surface area contributed by atoms with Crippen LogP contribution >= 0.6 is 0 Å². The van der Waals surface area contributed by atoms with Gasteiger partial charge in [0, 0.05) is 11.6 Å². The molecule has 1 N–H and O–H groups in total. The predicted octanol–water partition coefficient (Wildman–Crippen LogP) is 3.64. The van der Waals surface area contributed by atoms with Crippen molar-refractivity contribution in [3.05, 3.63) is 34.9 Å². The normalized spacial score (nSPS) is 15.3. The van der Waals surface area contributed by atoms with Gasteiger partial charge in [0.1, 0.15) is 11.6 Å². The average Bonchev–Trinajstić information content (AvgIpc) is 2.30. The standard InChI is InChI=1S/C14H21F2NOS/c1-6-10-7-13(16)11(8-12(10)15)9(2)17-19(18)14(3,4)5/h7-9,17H,6H2,1-5H3. The zero-order valence-corrected chi connectivity index (χ0v) is 12.8. The van der Waals surface area contributed by atoms with Gasteiger partial charge in [-0.25, -0.2) is 17.7 Å². The summed E-state index contributed by atoms with van der Waals surface area (Å²) in [5.74, 6) is -0.891. The summed E-state index contributed by atoms with van der Waals surface area (Å²) in [5, 5.41) is 0. The fourth-order valence-corrected chi connectivity index (χ4v) is 2.41. The molecule has 0 radical (unpaired) electrons. The second kappa shape index (κ2) is 6.09. The van der Waals surface area contributed by atoms with Gasteiger partial charge in [0.05, 0.1) is 15.7 Å². The Morgan fingerprint density at radius 1 is 1.26 bits per heavy atom. The maximum atomic E-state index is 13.9. The Morgan fingerprint density at radius 3 is 2.32 bits per heavy atom. The van der Waals surface area contributed by atoms with Crippen molar-refractivity contribution in [2.75, 3.05) is 0 Å². The van der Waals surface area contributed by atoms with Gasteiger partial charge in [0.15, 0.2) is 0 Å². The fourth-order valence-electron chi connectivity index (χ4n) is 1.61. The monoisotopic (exact) mass is 289 g/mol. The van der Waals surface area contributed by atoms with E-state index in [0.717, 1.165) is 0 Å². The van der Waals surface area contributed by atoms with Gasteiger partial charge >= 0.3 is 0 Å². The van der Waals surface area contributed by atoms with E-state index in [4.69, 9.17) is 0 Å². The summed E-state index contributed by atoms with van der Waals surface area (Å²) in [6.45, 7) is 8.90. The van der Waals surface area contributed by atoms with Crippen LogP contribution in [0.25, 0.3) is 0 Å². The van der Waals surface area contributed by atoms with Crippen molar-refractivity contribution in [3.63, 3.8) is 0 Å². The summed E-state index contributed by atoms with van der Waals surface area (Å²) < 4.78 is 41.9. The maximum Gasteiger partial charge on any atom is 0.128 e. The van der Waals surface area contributed by atoms with Gasteiger partial charge in [-0.2, -0.15) is 0 Å². The van der Waals surface area contributed by atoms with Gasteiger partial charge in [-0.05, 0) is 51.8 Å². The molecule has 0 fully saturated rings. The van der Waals surface area contributed by atoms with Gasteiger partial charge in [-0.3, -0.25) is 0 Å². The topological polar surface area (TPSA) is 29.1 Å². The third-order valence-corrected chi connectivity index (χ3v) is 4.53. The smallest absolute Gasteiger partial charge is 0.128 e. The summed E-state index contributed by atoms with van der Waals surface area (Å²) in [5.41, 5.74) is 0.553. The van der Waals surface area contributed by atoms with Crippen molar-refractivity contribution in [2.45, 2.75) is 51.8 Å². The van der Waals surface area contributed by atoms with Crippen LogP contribution in [0.4, 0.5) is 8.78 Å². The Morgan fingerprint density at radius 2 is 1.84 bits per heavy atom. The lowest BCUT2D eigenvalue weighted by Crippen LogP contribution is -2.35. The molecule has 108 valence electrons. The number of rotatable bonds is 4. The van der Waals surface area contributed by atoms with Crippen LogP contribution in [0.15, 0.2) is 12.1 Å². The molecule has 5 heteroatoms. The molecule has 0 saturated carbocycles. The third-order valence-electron chi connectivity index (χ3n) is 2.85. The Hall–Kier alpha value is -0.810. The number of benzene rings is 1. The Balaban J connectivity index is 2.98. The molecule has 0 spiro atoms.